The number of nitro benzene ring substituents is 1. The molecule has 0 fully saturated rings. The predicted molar refractivity (Wildman–Crippen MR) is 101 cm³/mol. The minimum absolute atomic E-state index is 0.0496. The van der Waals surface area contributed by atoms with E-state index in [4.69, 9.17) is 0 Å². The van der Waals surface area contributed by atoms with E-state index in [2.05, 4.69) is 58.3 Å². The van der Waals surface area contributed by atoms with Crippen molar-refractivity contribution in [3.8, 4) is 11.5 Å². The number of hydrogen-bond donors (Lipinski definition) is 3. The van der Waals surface area contributed by atoms with Crippen LogP contribution in [0.3, 0.4) is 0 Å². The summed E-state index contributed by atoms with van der Waals surface area (Å²) in [4.78, 5) is 22.2. The number of hydrogen-bond acceptors (Lipinski definition) is 6. The maximum atomic E-state index is 12.0. The van der Waals surface area contributed by atoms with Gasteiger partial charge in [-0.1, -0.05) is 15.9 Å². The van der Waals surface area contributed by atoms with Gasteiger partial charge in [-0.05, 0) is 50.1 Å². The molecule has 2 aromatic rings. The van der Waals surface area contributed by atoms with Crippen molar-refractivity contribution in [1.82, 2.24) is 5.43 Å². The van der Waals surface area contributed by atoms with Crippen LogP contribution in [-0.4, -0.2) is 27.3 Å². The lowest BCUT2D eigenvalue weighted by Gasteiger charge is -2.05. The van der Waals surface area contributed by atoms with Crippen molar-refractivity contribution in [2.45, 2.75) is 0 Å². The molecule has 3 N–H and O–H groups in total. The second-order valence-electron chi connectivity index (χ2n) is 4.61. The number of nitro groups is 1. The van der Waals surface area contributed by atoms with Crippen molar-refractivity contribution >= 4 is 65.6 Å². The van der Waals surface area contributed by atoms with E-state index in [0.29, 0.717) is 13.4 Å². The number of carbonyl (C=O) groups excluding carboxylic acids is 1. The highest BCUT2D eigenvalue weighted by atomic mass is 79.9. The molecule has 2 aromatic carbocycles. The number of phenols is 2. The maximum absolute atomic E-state index is 12.0. The van der Waals surface area contributed by atoms with Crippen LogP contribution in [0.15, 0.2) is 42.8 Å². The van der Waals surface area contributed by atoms with Gasteiger partial charge in [0.15, 0.2) is 0 Å². The molecular weight excluding hydrogens is 530 g/mol. The van der Waals surface area contributed by atoms with Crippen LogP contribution in [-0.2, 0) is 0 Å². The minimum atomic E-state index is -0.735. The molecule has 0 atom stereocenters. The Kier molecular flexibility index (Phi) is 6.14. The summed E-state index contributed by atoms with van der Waals surface area (Å²) in [5, 5.41) is 34.0. The molecule has 0 spiro atoms. The highest BCUT2D eigenvalue weighted by molar-refractivity contribution is 9.11. The highest BCUT2D eigenvalue weighted by Gasteiger charge is 2.17. The minimum Gasteiger partial charge on any atom is -0.506 e. The van der Waals surface area contributed by atoms with E-state index in [0.717, 1.165) is 12.3 Å². The number of aromatic hydroxyl groups is 2. The van der Waals surface area contributed by atoms with E-state index in [1.807, 2.05) is 0 Å². The first-order valence-electron chi connectivity index (χ1n) is 6.39. The zero-order valence-corrected chi connectivity index (χ0v) is 16.8. The van der Waals surface area contributed by atoms with Gasteiger partial charge in [-0.15, -0.1) is 0 Å². The van der Waals surface area contributed by atoms with Gasteiger partial charge in [-0.3, -0.25) is 14.9 Å². The molecule has 0 radical (unpaired) electrons. The van der Waals surface area contributed by atoms with Crippen molar-refractivity contribution in [3.63, 3.8) is 0 Å². The number of rotatable bonds is 4. The molecule has 0 bridgehead atoms. The molecule has 2 rings (SSSR count). The van der Waals surface area contributed by atoms with Gasteiger partial charge in [0.05, 0.1) is 20.1 Å². The molecule has 1 amide bonds. The zero-order chi connectivity index (χ0) is 18.7. The maximum Gasteiger partial charge on any atom is 0.312 e. The first kappa shape index (κ1) is 19.3. The Morgan fingerprint density at radius 2 is 1.72 bits per heavy atom. The van der Waals surface area contributed by atoms with Crippen LogP contribution >= 0.6 is 47.8 Å². The molecule has 0 unspecified atom stereocenters. The Hall–Kier alpha value is -1.98. The van der Waals surface area contributed by atoms with Crippen LogP contribution in [0.4, 0.5) is 5.69 Å². The van der Waals surface area contributed by atoms with Crippen molar-refractivity contribution in [1.29, 1.82) is 0 Å². The van der Waals surface area contributed by atoms with Gasteiger partial charge in [0.25, 0.3) is 5.91 Å². The van der Waals surface area contributed by atoms with E-state index in [9.17, 15) is 25.1 Å². The number of nitrogens with zero attached hydrogens (tertiary/aromatic N) is 2. The number of hydrazone groups is 1. The third-order valence-corrected chi connectivity index (χ3v) is 4.60. The second kappa shape index (κ2) is 7.93. The first-order chi connectivity index (χ1) is 11.7. The van der Waals surface area contributed by atoms with Gasteiger partial charge in [0.2, 0.25) is 5.75 Å². The first-order valence-corrected chi connectivity index (χ1v) is 8.77. The van der Waals surface area contributed by atoms with E-state index in [1.165, 1.54) is 18.2 Å². The second-order valence-corrected chi connectivity index (χ2v) is 7.23. The topological polar surface area (TPSA) is 125 Å². The van der Waals surface area contributed by atoms with Crippen LogP contribution in [0.5, 0.6) is 11.5 Å². The quantitative estimate of drug-likeness (QED) is 0.308. The molecular formula is C14H8Br3N3O5. The molecule has 0 saturated carbocycles. The van der Waals surface area contributed by atoms with Crippen LogP contribution < -0.4 is 5.43 Å². The fourth-order valence-corrected chi connectivity index (χ4v) is 3.41. The molecule has 0 saturated heterocycles. The summed E-state index contributed by atoms with van der Waals surface area (Å²) in [7, 11) is 0. The SMILES string of the molecule is O=C(N/N=C\c1cc(Br)cc([N+](=O)[O-])c1O)c1cc(Br)c(O)c(Br)c1. The van der Waals surface area contributed by atoms with Crippen molar-refractivity contribution in [3.05, 3.63) is 58.9 Å². The molecule has 0 aliphatic heterocycles. The average molecular weight is 538 g/mol. The molecule has 0 aliphatic carbocycles. The number of halogens is 3. The Labute approximate surface area is 166 Å². The summed E-state index contributed by atoms with van der Waals surface area (Å²) in [6.45, 7) is 0. The van der Waals surface area contributed by atoms with Gasteiger partial charge >= 0.3 is 5.69 Å². The summed E-state index contributed by atoms with van der Waals surface area (Å²) in [6.07, 6.45) is 1.08. The fourth-order valence-electron chi connectivity index (χ4n) is 1.76. The Morgan fingerprint density at radius 3 is 2.28 bits per heavy atom. The fraction of sp³-hybridized carbons (Fsp3) is 0. The number of benzene rings is 2. The molecule has 11 heteroatoms. The van der Waals surface area contributed by atoms with Crippen molar-refractivity contribution < 1.29 is 19.9 Å². The molecule has 25 heavy (non-hydrogen) atoms. The summed E-state index contributed by atoms with van der Waals surface area (Å²) >= 11 is 9.31. The lowest BCUT2D eigenvalue weighted by molar-refractivity contribution is -0.385. The van der Waals surface area contributed by atoms with E-state index in [-0.39, 0.29) is 16.9 Å². The largest absolute Gasteiger partial charge is 0.506 e. The van der Waals surface area contributed by atoms with Crippen LogP contribution in [0.1, 0.15) is 15.9 Å². The normalized spacial score (nSPS) is 10.8. The van der Waals surface area contributed by atoms with E-state index in [1.54, 1.807) is 0 Å². The van der Waals surface area contributed by atoms with Crippen LogP contribution in [0.25, 0.3) is 0 Å². The molecule has 0 heterocycles. The number of phenolic OH excluding ortho intramolecular Hbond substituents is 2. The van der Waals surface area contributed by atoms with Crippen molar-refractivity contribution in [2.75, 3.05) is 0 Å². The van der Waals surface area contributed by atoms with E-state index >= 15 is 0 Å². The summed E-state index contributed by atoms with van der Waals surface area (Å²) in [5.41, 5.74) is 1.99. The van der Waals surface area contributed by atoms with Crippen LogP contribution in [0.2, 0.25) is 0 Å². The van der Waals surface area contributed by atoms with Crippen molar-refractivity contribution in [2.24, 2.45) is 5.10 Å². The summed E-state index contributed by atoms with van der Waals surface area (Å²) in [5.74, 6) is -1.20. The van der Waals surface area contributed by atoms with Gasteiger partial charge < -0.3 is 10.2 Å². The number of carbonyl (C=O) groups is 1. The summed E-state index contributed by atoms with van der Waals surface area (Å²) in [6, 6.07) is 5.35. The monoisotopic (exact) mass is 535 g/mol. The van der Waals surface area contributed by atoms with Crippen LogP contribution in [0, 0.1) is 10.1 Å². The van der Waals surface area contributed by atoms with Gasteiger partial charge in [0.1, 0.15) is 5.75 Å². The predicted octanol–water partition coefficient (Wildman–Crippen LogP) is 4.06. The number of amides is 1. The standard InChI is InChI=1S/C14H8Br3N3O5/c15-8-1-7(12(21)11(4-8)20(24)25)5-18-19-14(23)6-2-9(16)13(22)10(17)3-6/h1-5,21-22H,(H,19,23)/b18-5-. The Balaban J connectivity index is 2.21. The van der Waals surface area contributed by atoms with E-state index < -0.39 is 22.3 Å². The lowest BCUT2D eigenvalue weighted by Crippen LogP contribution is -2.17. The average Bonchev–Trinajstić information content (AvgIpc) is 2.54. The van der Waals surface area contributed by atoms with Gasteiger partial charge in [-0.25, -0.2) is 5.43 Å². The lowest BCUT2D eigenvalue weighted by atomic mass is 10.2. The summed E-state index contributed by atoms with van der Waals surface area (Å²) < 4.78 is 1.00. The smallest absolute Gasteiger partial charge is 0.312 e. The number of nitrogens with one attached hydrogen (secondary N) is 1. The third kappa shape index (κ3) is 4.55. The molecule has 8 nitrogen and oxygen atoms in total. The third-order valence-electron chi connectivity index (χ3n) is 2.93. The molecule has 0 aromatic heterocycles. The van der Waals surface area contributed by atoms with Gasteiger partial charge in [-0.2, -0.15) is 5.10 Å². The highest BCUT2D eigenvalue weighted by Crippen LogP contribution is 2.34. The molecule has 130 valence electrons. The van der Waals surface area contributed by atoms with Gasteiger partial charge in [0, 0.05) is 21.7 Å². The zero-order valence-electron chi connectivity index (χ0n) is 12.0. The molecule has 0 aliphatic rings. The Morgan fingerprint density at radius 1 is 1.12 bits per heavy atom. The Bertz CT molecular complexity index is 879.